The Bertz CT molecular complexity index is 1000. The van der Waals surface area contributed by atoms with Crippen LogP contribution >= 0.6 is 0 Å². The molecule has 0 atom stereocenters. The van der Waals surface area contributed by atoms with Gasteiger partial charge in [-0.2, -0.15) is 13.8 Å². The highest BCUT2D eigenvalue weighted by atomic mass is 19.3. The van der Waals surface area contributed by atoms with E-state index in [-0.39, 0.29) is 17.4 Å². The van der Waals surface area contributed by atoms with E-state index in [4.69, 9.17) is 4.74 Å². The van der Waals surface area contributed by atoms with E-state index >= 15 is 0 Å². The number of hydrogen-bond acceptors (Lipinski definition) is 7. The number of hydrogen-bond donors (Lipinski definition) is 1. The highest BCUT2D eigenvalue weighted by molar-refractivity contribution is 5.72. The first-order valence-electron chi connectivity index (χ1n) is 9.01. The second-order valence-electron chi connectivity index (χ2n) is 6.19. The third-order valence-electron chi connectivity index (χ3n) is 4.26. The Morgan fingerprint density at radius 3 is 2.47 bits per heavy atom. The summed E-state index contributed by atoms with van der Waals surface area (Å²) < 4.78 is 48.5. The summed E-state index contributed by atoms with van der Waals surface area (Å²) in [5.41, 5.74) is 1.73. The highest BCUT2D eigenvalue weighted by Gasteiger charge is 2.14. The van der Waals surface area contributed by atoms with Gasteiger partial charge in [-0.3, -0.25) is 0 Å². The average Bonchev–Trinajstić information content (AvgIpc) is 2.74. The fraction of sp³-hybridized carbons (Fsp3) is 0.250. The molecular formula is C20H20F3N5O2. The number of alkyl halides is 2. The molecule has 0 unspecified atom stereocenters. The molecule has 0 aliphatic rings. The van der Waals surface area contributed by atoms with E-state index in [9.17, 15) is 13.2 Å². The second-order valence-corrected chi connectivity index (χ2v) is 6.19. The van der Waals surface area contributed by atoms with Gasteiger partial charge in [-0.15, -0.1) is 0 Å². The molecule has 158 valence electrons. The zero-order valence-corrected chi connectivity index (χ0v) is 16.6. The number of aromatic nitrogens is 3. The van der Waals surface area contributed by atoms with Crippen molar-refractivity contribution in [2.75, 3.05) is 30.9 Å². The van der Waals surface area contributed by atoms with Gasteiger partial charge in [-0.25, -0.2) is 14.4 Å². The Balaban J connectivity index is 1.92. The summed E-state index contributed by atoms with van der Waals surface area (Å²) in [4.78, 5) is 14.2. The van der Waals surface area contributed by atoms with Crippen LogP contribution in [0.3, 0.4) is 0 Å². The van der Waals surface area contributed by atoms with Crippen molar-refractivity contribution < 1.29 is 22.6 Å². The number of anilines is 3. The first kappa shape index (κ1) is 21.2. The number of benzene rings is 1. The van der Waals surface area contributed by atoms with Gasteiger partial charge in [0, 0.05) is 25.4 Å². The summed E-state index contributed by atoms with van der Waals surface area (Å²) in [5, 5.41) is 2.89. The Hall–Kier alpha value is -3.56. The molecule has 30 heavy (non-hydrogen) atoms. The molecule has 3 aromatic rings. The lowest BCUT2D eigenvalue weighted by Crippen LogP contribution is -2.19. The Labute approximate surface area is 171 Å². The van der Waals surface area contributed by atoms with Crippen molar-refractivity contribution in [1.29, 1.82) is 0 Å². The van der Waals surface area contributed by atoms with Crippen LogP contribution < -0.4 is 19.7 Å². The molecule has 1 N–H and O–H groups in total. The van der Waals surface area contributed by atoms with Crippen molar-refractivity contribution in [1.82, 2.24) is 15.0 Å². The quantitative estimate of drug-likeness (QED) is 0.577. The fourth-order valence-electron chi connectivity index (χ4n) is 2.59. The van der Waals surface area contributed by atoms with Crippen LogP contribution in [0.5, 0.6) is 11.6 Å². The summed E-state index contributed by atoms with van der Waals surface area (Å²) in [6, 6.07) is 7.78. The standard InChI is InChI=1S/C20H20F3N5O2/c1-4-28(2)20-25-11-15(21)17(27-20)26-16-9-13(10-24-18(16)29-3)12-5-7-14(8-6-12)30-19(22)23/h5-11,19H,4H2,1-3H3,(H,25,26,27). The maximum atomic E-state index is 14.3. The van der Waals surface area contributed by atoms with E-state index in [2.05, 4.69) is 25.0 Å². The van der Waals surface area contributed by atoms with Crippen molar-refractivity contribution in [3.8, 4) is 22.8 Å². The van der Waals surface area contributed by atoms with Gasteiger partial charge in [0.2, 0.25) is 11.8 Å². The summed E-state index contributed by atoms with van der Waals surface area (Å²) in [6.07, 6.45) is 2.64. The predicted molar refractivity (Wildman–Crippen MR) is 107 cm³/mol. The molecule has 10 heteroatoms. The van der Waals surface area contributed by atoms with Crippen LogP contribution in [0, 0.1) is 5.82 Å². The molecule has 0 spiro atoms. The van der Waals surface area contributed by atoms with Gasteiger partial charge >= 0.3 is 6.61 Å². The Kier molecular flexibility index (Phi) is 6.55. The largest absolute Gasteiger partial charge is 0.480 e. The minimum absolute atomic E-state index is 0.0294. The van der Waals surface area contributed by atoms with E-state index in [0.717, 1.165) is 6.20 Å². The summed E-state index contributed by atoms with van der Waals surface area (Å²) >= 11 is 0. The van der Waals surface area contributed by atoms with Crippen LogP contribution in [0.4, 0.5) is 30.6 Å². The van der Waals surface area contributed by atoms with Gasteiger partial charge in [0.25, 0.3) is 0 Å². The van der Waals surface area contributed by atoms with E-state index in [0.29, 0.717) is 29.3 Å². The summed E-state index contributed by atoms with van der Waals surface area (Å²) in [7, 11) is 3.23. The number of ether oxygens (including phenoxy) is 2. The molecule has 7 nitrogen and oxygen atoms in total. The predicted octanol–water partition coefficient (Wildman–Crippen LogP) is 4.49. The highest BCUT2D eigenvalue weighted by Crippen LogP contribution is 2.32. The normalized spacial score (nSPS) is 10.8. The molecule has 3 rings (SSSR count). The molecular weight excluding hydrogens is 399 g/mol. The molecule has 0 amide bonds. The smallest absolute Gasteiger partial charge is 0.387 e. The maximum absolute atomic E-state index is 14.3. The molecule has 0 bridgehead atoms. The second kappa shape index (κ2) is 9.29. The van der Waals surface area contributed by atoms with Gasteiger partial charge in [-0.05, 0) is 30.7 Å². The van der Waals surface area contributed by atoms with Crippen LogP contribution in [0.25, 0.3) is 11.1 Å². The van der Waals surface area contributed by atoms with Gasteiger partial charge < -0.3 is 19.7 Å². The topological polar surface area (TPSA) is 72.4 Å². The molecule has 0 radical (unpaired) electrons. The third kappa shape index (κ3) is 4.88. The van der Waals surface area contributed by atoms with Crippen LogP contribution in [-0.2, 0) is 0 Å². The van der Waals surface area contributed by atoms with Crippen LogP contribution in [0.1, 0.15) is 6.92 Å². The number of halogens is 3. The van der Waals surface area contributed by atoms with Gasteiger partial charge in [-0.1, -0.05) is 12.1 Å². The number of nitrogens with one attached hydrogen (secondary N) is 1. The average molecular weight is 419 g/mol. The zero-order chi connectivity index (χ0) is 21.7. The van der Waals surface area contributed by atoms with Gasteiger partial charge in [0.05, 0.1) is 13.3 Å². The van der Waals surface area contributed by atoms with E-state index in [1.165, 1.54) is 19.2 Å². The summed E-state index contributed by atoms with van der Waals surface area (Å²) in [5.74, 6) is -0.0226. The number of nitrogens with zero attached hydrogens (tertiary/aromatic N) is 4. The Morgan fingerprint density at radius 1 is 1.10 bits per heavy atom. The van der Waals surface area contributed by atoms with Crippen LogP contribution in [0.15, 0.2) is 42.7 Å². The number of methoxy groups -OCH3 is 1. The molecule has 2 heterocycles. The fourth-order valence-corrected chi connectivity index (χ4v) is 2.59. The minimum Gasteiger partial charge on any atom is -0.480 e. The van der Waals surface area contributed by atoms with Crippen molar-refractivity contribution in [2.45, 2.75) is 13.5 Å². The zero-order valence-electron chi connectivity index (χ0n) is 16.6. The molecule has 0 saturated carbocycles. The maximum Gasteiger partial charge on any atom is 0.387 e. The minimum atomic E-state index is -2.89. The lowest BCUT2D eigenvalue weighted by molar-refractivity contribution is -0.0498. The lowest BCUT2D eigenvalue weighted by atomic mass is 10.1. The van der Waals surface area contributed by atoms with E-state index in [1.54, 1.807) is 36.3 Å². The molecule has 0 fully saturated rings. The van der Waals surface area contributed by atoms with Crippen molar-refractivity contribution in [3.05, 3.63) is 48.5 Å². The van der Waals surface area contributed by atoms with E-state index in [1.807, 2.05) is 6.92 Å². The van der Waals surface area contributed by atoms with Crippen LogP contribution in [-0.4, -0.2) is 42.3 Å². The van der Waals surface area contributed by atoms with Crippen molar-refractivity contribution >= 4 is 17.5 Å². The summed E-state index contributed by atoms with van der Waals surface area (Å²) in [6.45, 7) is -0.321. The molecule has 1 aromatic carbocycles. The first-order chi connectivity index (χ1) is 14.4. The molecule has 0 aliphatic heterocycles. The molecule has 0 aliphatic carbocycles. The van der Waals surface area contributed by atoms with E-state index < -0.39 is 12.4 Å². The first-order valence-corrected chi connectivity index (χ1v) is 9.01. The van der Waals surface area contributed by atoms with Crippen LogP contribution in [0.2, 0.25) is 0 Å². The van der Waals surface area contributed by atoms with Crippen molar-refractivity contribution in [2.24, 2.45) is 0 Å². The molecule has 0 saturated heterocycles. The molecule has 2 aromatic heterocycles. The van der Waals surface area contributed by atoms with Gasteiger partial charge in [0.15, 0.2) is 11.6 Å². The third-order valence-corrected chi connectivity index (χ3v) is 4.26. The van der Waals surface area contributed by atoms with Gasteiger partial charge in [0.1, 0.15) is 11.4 Å². The monoisotopic (exact) mass is 419 g/mol. The SMILES string of the molecule is CCN(C)c1ncc(F)c(Nc2cc(-c3ccc(OC(F)F)cc3)cnc2OC)n1. The Morgan fingerprint density at radius 2 is 1.83 bits per heavy atom. The number of rotatable bonds is 8. The van der Waals surface area contributed by atoms with Crippen molar-refractivity contribution in [3.63, 3.8) is 0 Å². The lowest BCUT2D eigenvalue weighted by Gasteiger charge is -2.16. The number of pyridine rings is 1.